The van der Waals surface area contributed by atoms with Crippen LogP contribution in [0, 0.1) is 20.8 Å². The maximum absolute atomic E-state index is 12.0. The van der Waals surface area contributed by atoms with Gasteiger partial charge in [-0.15, -0.1) is 11.8 Å². The van der Waals surface area contributed by atoms with Gasteiger partial charge in [0.2, 0.25) is 11.8 Å². The van der Waals surface area contributed by atoms with Crippen molar-refractivity contribution in [3.8, 4) is 0 Å². The molecule has 1 aliphatic rings. The zero-order valence-electron chi connectivity index (χ0n) is 12.6. The number of benzene rings is 1. The van der Waals surface area contributed by atoms with Gasteiger partial charge in [0.25, 0.3) is 0 Å². The summed E-state index contributed by atoms with van der Waals surface area (Å²) in [6.45, 7) is 5.95. The molecule has 1 aromatic rings. The van der Waals surface area contributed by atoms with Gasteiger partial charge in [0.1, 0.15) is 0 Å². The maximum atomic E-state index is 12.0. The summed E-state index contributed by atoms with van der Waals surface area (Å²) in [5, 5.41) is 8.61. The Balaban J connectivity index is 1.88. The van der Waals surface area contributed by atoms with Crippen molar-refractivity contribution in [2.45, 2.75) is 26.8 Å². The summed E-state index contributed by atoms with van der Waals surface area (Å²) in [5.74, 6) is 1.21. The van der Waals surface area contributed by atoms with E-state index in [0.717, 1.165) is 28.4 Å². The highest BCUT2D eigenvalue weighted by Gasteiger charge is 2.22. The molecule has 1 aliphatic heterocycles. The van der Waals surface area contributed by atoms with E-state index in [4.69, 9.17) is 0 Å². The lowest BCUT2D eigenvalue weighted by atomic mass is 10.1. The second-order valence-corrected chi connectivity index (χ2v) is 6.34. The van der Waals surface area contributed by atoms with E-state index in [1.54, 1.807) is 11.8 Å². The molecule has 6 heteroatoms. The van der Waals surface area contributed by atoms with E-state index in [9.17, 15) is 9.59 Å². The molecule has 5 nitrogen and oxygen atoms in total. The second-order valence-electron chi connectivity index (χ2n) is 5.31. The van der Waals surface area contributed by atoms with E-state index < -0.39 is 0 Å². The topological polar surface area (TPSA) is 70.2 Å². The zero-order chi connectivity index (χ0) is 15.4. The van der Waals surface area contributed by atoms with Crippen LogP contribution in [0.1, 0.15) is 16.7 Å². The highest BCUT2D eigenvalue weighted by Crippen LogP contribution is 2.21. The number of thioether (sulfide) groups is 1. The lowest BCUT2D eigenvalue weighted by Crippen LogP contribution is -2.44. The van der Waals surface area contributed by atoms with Gasteiger partial charge in [0.05, 0.1) is 12.6 Å². The first-order valence-corrected chi connectivity index (χ1v) is 8.09. The fourth-order valence-electron chi connectivity index (χ4n) is 2.42. The first-order valence-electron chi connectivity index (χ1n) is 6.94. The van der Waals surface area contributed by atoms with E-state index >= 15 is 0 Å². The van der Waals surface area contributed by atoms with Crippen LogP contribution < -0.4 is 16.0 Å². The minimum Gasteiger partial charge on any atom is -0.346 e. The summed E-state index contributed by atoms with van der Waals surface area (Å²) >= 11 is 1.68. The van der Waals surface area contributed by atoms with Crippen molar-refractivity contribution < 1.29 is 9.59 Å². The van der Waals surface area contributed by atoms with Crippen molar-refractivity contribution >= 4 is 29.3 Å². The molecule has 3 N–H and O–H groups in total. The SMILES string of the molecule is Cc1cc(C)c(NC(=O)CNC(=O)C2CSCN2)c(C)c1. The van der Waals surface area contributed by atoms with Gasteiger partial charge < -0.3 is 10.6 Å². The zero-order valence-corrected chi connectivity index (χ0v) is 13.4. The van der Waals surface area contributed by atoms with Crippen LogP contribution in [-0.4, -0.2) is 36.0 Å². The number of anilines is 1. The number of amides is 2. The quantitative estimate of drug-likeness (QED) is 0.785. The molecule has 1 fully saturated rings. The second kappa shape index (κ2) is 6.95. The molecule has 21 heavy (non-hydrogen) atoms. The predicted molar refractivity (Wildman–Crippen MR) is 86.5 cm³/mol. The molecule has 0 bridgehead atoms. The Kier molecular flexibility index (Phi) is 5.25. The predicted octanol–water partition coefficient (Wildman–Crippen LogP) is 1.33. The van der Waals surface area contributed by atoms with Gasteiger partial charge in [0, 0.05) is 17.3 Å². The van der Waals surface area contributed by atoms with Crippen molar-refractivity contribution in [2.24, 2.45) is 0 Å². The van der Waals surface area contributed by atoms with Crippen molar-refractivity contribution in [1.29, 1.82) is 0 Å². The van der Waals surface area contributed by atoms with Crippen molar-refractivity contribution in [2.75, 3.05) is 23.5 Å². The number of aryl methyl sites for hydroxylation is 3. The smallest absolute Gasteiger partial charge is 0.243 e. The Bertz CT molecular complexity index is 531. The molecule has 0 saturated carbocycles. The van der Waals surface area contributed by atoms with Crippen LogP contribution in [0.25, 0.3) is 0 Å². The first-order chi connectivity index (χ1) is 9.97. The summed E-state index contributed by atoms with van der Waals surface area (Å²) in [6, 6.07) is 3.87. The molecular formula is C15H21N3O2S. The molecule has 2 amide bonds. The first kappa shape index (κ1) is 15.9. The Morgan fingerprint density at radius 1 is 1.29 bits per heavy atom. The minimum atomic E-state index is -0.205. The third-order valence-electron chi connectivity index (χ3n) is 3.40. The van der Waals surface area contributed by atoms with Gasteiger partial charge >= 0.3 is 0 Å². The van der Waals surface area contributed by atoms with E-state index in [2.05, 4.69) is 16.0 Å². The van der Waals surface area contributed by atoms with Gasteiger partial charge in [-0.3, -0.25) is 14.9 Å². The molecule has 1 atom stereocenters. The summed E-state index contributed by atoms with van der Waals surface area (Å²) < 4.78 is 0. The highest BCUT2D eigenvalue weighted by atomic mass is 32.2. The molecule has 2 rings (SSSR count). The van der Waals surface area contributed by atoms with Crippen molar-refractivity contribution in [1.82, 2.24) is 10.6 Å². The van der Waals surface area contributed by atoms with Crippen LogP contribution in [0.5, 0.6) is 0 Å². The van der Waals surface area contributed by atoms with Gasteiger partial charge in [-0.2, -0.15) is 0 Å². The van der Waals surface area contributed by atoms with Gasteiger partial charge in [-0.05, 0) is 31.9 Å². The lowest BCUT2D eigenvalue weighted by molar-refractivity contribution is -0.125. The number of hydrogen-bond donors (Lipinski definition) is 3. The average molecular weight is 307 g/mol. The van der Waals surface area contributed by atoms with Crippen LogP contribution in [0.3, 0.4) is 0 Å². The van der Waals surface area contributed by atoms with Gasteiger partial charge in [-0.1, -0.05) is 17.7 Å². The molecular weight excluding hydrogens is 286 g/mol. The minimum absolute atomic E-state index is 0.00552. The molecule has 1 heterocycles. The van der Waals surface area contributed by atoms with Crippen LogP contribution in [0.4, 0.5) is 5.69 Å². The molecule has 0 aromatic heterocycles. The highest BCUT2D eigenvalue weighted by molar-refractivity contribution is 7.99. The molecule has 1 saturated heterocycles. The van der Waals surface area contributed by atoms with Crippen molar-refractivity contribution in [3.05, 3.63) is 28.8 Å². The molecule has 1 unspecified atom stereocenters. The number of carbonyl (C=O) groups is 2. The maximum Gasteiger partial charge on any atom is 0.243 e. The van der Waals surface area contributed by atoms with Crippen molar-refractivity contribution in [3.63, 3.8) is 0 Å². The Morgan fingerprint density at radius 2 is 1.95 bits per heavy atom. The number of hydrogen-bond acceptors (Lipinski definition) is 4. The molecule has 0 aliphatic carbocycles. The van der Waals surface area contributed by atoms with E-state index in [1.807, 2.05) is 32.9 Å². The van der Waals surface area contributed by atoms with Gasteiger partial charge in [0.15, 0.2) is 0 Å². The fourth-order valence-corrected chi connectivity index (χ4v) is 3.36. The monoisotopic (exact) mass is 307 g/mol. The Hall–Kier alpha value is -1.53. The molecule has 1 aromatic carbocycles. The Morgan fingerprint density at radius 3 is 2.52 bits per heavy atom. The normalized spacial score (nSPS) is 17.6. The number of rotatable bonds is 4. The number of nitrogens with one attached hydrogen (secondary N) is 3. The van der Waals surface area contributed by atoms with Gasteiger partial charge in [-0.25, -0.2) is 0 Å². The van der Waals surface area contributed by atoms with Crippen LogP contribution in [0.15, 0.2) is 12.1 Å². The third-order valence-corrected chi connectivity index (χ3v) is 4.34. The van der Waals surface area contributed by atoms with E-state index in [0.29, 0.717) is 0 Å². The summed E-state index contributed by atoms with van der Waals surface area (Å²) in [7, 11) is 0. The molecule has 0 spiro atoms. The molecule has 114 valence electrons. The standard InChI is InChI=1S/C15H21N3O2S/c1-9-4-10(2)14(11(3)5-9)18-13(19)6-16-15(20)12-7-21-8-17-12/h4-5,12,17H,6-8H2,1-3H3,(H,16,20)(H,18,19). The lowest BCUT2D eigenvalue weighted by Gasteiger charge is -2.14. The van der Waals surface area contributed by atoms with Crippen LogP contribution in [0.2, 0.25) is 0 Å². The molecule has 0 radical (unpaired) electrons. The third kappa shape index (κ3) is 4.22. The largest absolute Gasteiger partial charge is 0.346 e. The van der Waals surface area contributed by atoms with E-state index in [-0.39, 0.29) is 24.4 Å². The van der Waals surface area contributed by atoms with E-state index in [1.165, 1.54) is 5.56 Å². The summed E-state index contributed by atoms with van der Waals surface area (Å²) in [6.07, 6.45) is 0. The fraction of sp³-hybridized carbons (Fsp3) is 0.467. The average Bonchev–Trinajstić information content (AvgIpc) is 2.94. The number of carbonyl (C=O) groups excluding carboxylic acids is 2. The van der Waals surface area contributed by atoms with Crippen LogP contribution in [-0.2, 0) is 9.59 Å². The summed E-state index contributed by atoms with van der Waals surface area (Å²) in [5.41, 5.74) is 4.05. The van der Waals surface area contributed by atoms with Crippen LogP contribution >= 0.6 is 11.8 Å². The summed E-state index contributed by atoms with van der Waals surface area (Å²) in [4.78, 5) is 23.8. The Labute approximate surface area is 129 Å².